The Bertz CT molecular complexity index is 1310. The van der Waals surface area contributed by atoms with Crippen molar-refractivity contribution in [3.05, 3.63) is 89.0 Å². The molecule has 0 unspecified atom stereocenters. The summed E-state index contributed by atoms with van der Waals surface area (Å²) in [5.41, 5.74) is 0.745. The first kappa shape index (κ1) is 23.9. The van der Waals surface area contributed by atoms with Crippen LogP contribution in [0.4, 0.5) is 5.69 Å². The molecule has 0 aliphatic heterocycles. The zero-order chi connectivity index (χ0) is 23.8. The maximum absolute atomic E-state index is 12.5. The largest absolute Gasteiger partial charge is 0.494 e. The lowest BCUT2D eigenvalue weighted by atomic mass is 10.1. The fraction of sp³-hybridized carbons (Fsp3) is 0.0833. The molecule has 1 amide bonds. The van der Waals surface area contributed by atoms with Gasteiger partial charge in [0.25, 0.3) is 5.91 Å². The minimum atomic E-state index is -4.08. The van der Waals surface area contributed by atoms with Crippen molar-refractivity contribution in [3.63, 3.8) is 0 Å². The summed E-state index contributed by atoms with van der Waals surface area (Å²) in [6.07, 6.45) is 1.34. The summed E-state index contributed by atoms with van der Waals surface area (Å²) >= 11 is 5.79. The summed E-state index contributed by atoms with van der Waals surface area (Å²) < 4.78 is 35.5. The number of amides is 1. The van der Waals surface area contributed by atoms with Crippen LogP contribution in [-0.4, -0.2) is 20.9 Å². The number of carbonyl (C=O) groups excluding carboxylic acids is 1. The van der Waals surface area contributed by atoms with Gasteiger partial charge in [0.1, 0.15) is 28.0 Å². The lowest BCUT2D eigenvalue weighted by Gasteiger charge is -2.08. The number of ether oxygens (including phenoxy) is 1. The summed E-state index contributed by atoms with van der Waals surface area (Å²) in [6, 6.07) is 20.2. The number of anilines is 1. The molecule has 1 N–H and O–H groups in total. The zero-order valence-corrected chi connectivity index (χ0v) is 19.1. The number of benzene rings is 3. The molecule has 0 atom stereocenters. The van der Waals surface area contributed by atoms with Crippen LogP contribution in [0, 0.1) is 11.3 Å². The van der Waals surface area contributed by atoms with Gasteiger partial charge in [-0.3, -0.25) is 4.79 Å². The minimum Gasteiger partial charge on any atom is -0.494 e. The highest BCUT2D eigenvalue weighted by Gasteiger charge is 2.17. The number of rotatable bonds is 8. The van der Waals surface area contributed by atoms with Crippen molar-refractivity contribution in [1.82, 2.24) is 0 Å². The first-order chi connectivity index (χ1) is 15.8. The predicted octanol–water partition coefficient (Wildman–Crippen LogP) is 5.05. The van der Waals surface area contributed by atoms with Gasteiger partial charge in [0.05, 0.1) is 6.61 Å². The summed E-state index contributed by atoms with van der Waals surface area (Å²) in [6.45, 7) is 2.39. The van der Waals surface area contributed by atoms with Gasteiger partial charge in [-0.1, -0.05) is 23.7 Å². The number of hydrogen-bond acceptors (Lipinski definition) is 6. The second kappa shape index (κ2) is 10.7. The average molecular weight is 483 g/mol. The Balaban J connectivity index is 1.76. The fourth-order valence-corrected chi connectivity index (χ4v) is 3.80. The van der Waals surface area contributed by atoms with E-state index in [9.17, 15) is 18.5 Å². The van der Waals surface area contributed by atoms with Gasteiger partial charge in [-0.25, -0.2) is 0 Å². The maximum atomic E-state index is 12.5. The molecule has 0 bridgehead atoms. The molecule has 0 aromatic heterocycles. The van der Waals surface area contributed by atoms with Crippen molar-refractivity contribution in [2.45, 2.75) is 11.8 Å². The third-order valence-electron chi connectivity index (χ3n) is 4.27. The van der Waals surface area contributed by atoms with E-state index in [2.05, 4.69) is 5.32 Å². The molecule has 33 heavy (non-hydrogen) atoms. The summed E-state index contributed by atoms with van der Waals surface area (Å²) in [5, 5.41) is 12.5. The van der Waals surface area contributed by atoms with E-state index in [4.69, 9.17) is 20.5 Å². The Morgan fingerprint density at radius 2 is 1.76 bits per heavy atom. The van der Waals surface area contributed by atoms with Gasteiger partial charge in [-0.05, 0) is 79.2 Å². The first-order valence-corrected chi connectivity index (χ1v) is 11.6. The smallest absolute Gasteiger partial charge is 0.339 e. The Hall–Kier alpha value is -3.80. The average Bonchev–Trinajstić information content (AvgIpc) is 2.79. The highest BCUT2D eigenvalue weighted by molar-refractivity contribution is 7.87. The van der Waals surface area contributed by atoms with E-state index in [1.165, 1.54) is 42.5 Å². The first-order valence-electron chi connectivity index (χ1n) is 9.77. The molecular formula is C24H19ClN2O5S. The maximum Gasteiger partial charge on any atom is 0.339 e. The lowest BCUT2D eigenvalue weighted by molar-refractivity contribution is -0.112. The Labute approximate surface area is 197 Å². The van der Waals surface area contributed by atoms with Crippen molar-refractivity contribution >= 4 is 39.4 Å². The summed E-state index contributed by atoms with van der Waals surface area (Å²) in [7, 11) is -4.08. The van der Waals surface area contributed by atoms with Gasteiger partial charge in [0, 0.05) is 10.7 Å². The van der Waals surface area contributed by atoms with Crippen LogP contribution >= 0.6 is 11.6 Å². The Morgan fingerprint density at radius 1 is 1.06 bits per heavy atom. The quantitative estimate of drug-likeness (QED) is 0.273. The fourth-order valence-electron chi connectivity index (χ4n) is 2.75. The van der Waals surface area contributed by atoms with Crippen molar-refractivity contribution < 1.29 is 22.1 Å². The molecule has 0 aliphatic rings. The van der Waals surface area contributed by atoms with Gasteiger partial charge in [0.2, 0.25) is 0 Å². The monoisotopic (exact) mass is 482 g/mol. The van der Waals surface area contributed by atoms with Crippen LogP contribution in [-0.2, 0) is 14.9 Å². The van der Waals surface area contributed by atoms with Crippen LogP contribution in [0.25, 0.3) is 6.08 Å². The van der Waals surface area contributed by atoms with Gasteiger partial charge < -0.3 is 14.2 Å². The molecule has 7 nitrogen and oxygen atoms in total. The Morgan fingerprint density at radius 3 is 2.39 bits per heavy atom. The Kier molecular flexibility index (Phi) is 7.72. The number of carbonyl (C=O) groups is 1. The molecule has 0 aliphatic carbocycles. The molecule has 3 aromatic rings. The number of nitrogens with one attached hydrogen (secondary N) is 1. The number of hydrogen-bond donors (Lipinski definition) is 1. The lowest BCUT2D eigenvalue weighted by Crippen LogP contribution is -2.13. The van der Waals surface area contributed by atoms with E-state index in [-0.39, 0.29) is 16.2 Å². The summed E-state index contributed by atoms with van der Waals surface area (Å²) in [4.78, 5) is 12.5. The molecule has 0 saturated heterocycles. The normalized spacial score (nSPS) is 11.4. The molecule has 168 valence electrons. The molecular weight excluding hydrogens is 464 g/mol. The number of nitriles is 1. The summed E-state index contributed by atoms with van der Waals surface area (Å²) in [5.74, 6) is 0.0848. The topological polar surface area (TPSA) is 105 Å². The molecule has 3 aromatic carbocycles. The van der Waals surface area contributed by atoms with E-state index in [0.29, 0.717) is 28.6 Å². The second-order valence-corrected chi connectivity index (χ2v) is 8.63. The van der Waals surface area contributed by atoms with Gasteiger partial charge in [0.15, 0.2) is 0 Å². The molecule has 0 fully saturated rings. The van der Waals surface area contributed by atoms with Gasteiger partial charge >= 0.3 is 10.1 Å². The van der Waals surface area contributed by atoms with Crippen LogP contribution in [0.5, 0.6) is 11.5 Å². The molecule has 0 spiro atoms. The predicted molar refractivity (Wildman–Crippen MR) is 126 cm³/mol. The highest BCUT2D eigenvalue weighted by atomic mass is 35.5. The van der Waals surface area contributed by atoms with Crippen molar-refractivity contribution in [2.24, 2.45) is 0 Å². The van der Waals surface area contributed by atoms with E-state index in [0.717, 1.165) is 0 Å². The van der Waals surface area contributed by atoms with Crippen molar-refractivity contribution in [3.8, 4) is 17.6 Å². The zero-order valence-electron chi connectivity index (χ0n) is 17.5. The standard InChI is InChI=1S/C24H19ClN2O5S/c1-2-31-21-10-8-20(9-11-21)27-24(28)18(16-26)14-17-4-3-5-22(15-17)32-33(29,30)23-12-6-19(25)7-13-23/h3-15H,2H2,1H3,(H,27,28)/b18-14-. The van der Waals surface area contributed by atoms with Crippen LogP contribution < -0.4 is 14.2 Å². The van der Waals surface area contributed by atoms with Crippen LogP contribution in [0.3, 0.4) is 0 Å². The van der Waals surface area contributed by atoms with Crippen LogP contribution in [0.2, 0.25) is 5.02 Å². The number of nitrogens with zero attached hydrogens (tertiary/aromatic N) is 1. The highest BCUT2D eigenvalue weighted by Crippen LogP contribution is 2.23. The van der Waals surface area contributed by atoms with Gasteiger partial charge in [-0.2, -0.15) is 13.7 Å². The van der Waals surface area contributed by atoms with Crippen molar-refractivity contribution in [1.29, 1.82) is 5.26 Å². The van der Waals surface area contributed by atoms with E-state index in [1.807, 2.05) is 13.0 Å². The molecule has 0 radical (unpaired) electrons. The third-order valence-corrected chi connectivity index (χ3v) is 5.78. The van der Waals surface area contributed by atoms with Crippen LogP contribution in [0.15, 0.2) is 83.3 Å². The van der Waals surface area contributed by atoms with Crippen molar-refractivity contribution in [2.75, 3.05) is 11.9 Å². The van der Waals surface area contributed by atoms with Gasteiger partial charge in [-0.15, -0.1) is 0 Å². The van der Waals surface area contributed by atoms with Crippen LogP contribution in [0.1, 0.15) is 12.5 Å². The molecule has 0 saturated carbocycles. The van der Waals surface area contributed by atoms with E-state index < -0.39 is 16.0 Å². The molecule has 3 rings (SSSR count). The second-order valence-electron chi connectivity index (χ2n) is 6.65. The SMILES string of the molecule is CCOc1ccc(NC(=O)/C(C#N)=C\c2cccc(OS(=O)(=O)c3ccc(Cl)cc3)c2)cc1. The van der Waals surface area contributed by atoms with E-state index >= 15 is 0 Å². The minimum absolute atomic E-state index is 0.0305. The molecule has 9 heteroatoms. The third kappa shape index (κ3) is 6.59. The molecule has 0 heterocycles. The van der Waals surface area contributed by atoms with E-state index in [1.54, 1.807) is 36.4 Å². The number of halogens is 1.